The van der Waals surface area contributed by atoms with Crippen molar-refractivity contribution < 1.29 is 9.18 Å². The summed E-state index contributed by atoms with van der Waals surface area (Å²) >= 11 is 12.3. The fourth-order valence-electron chi connectivity index (χ4n) is 3.29. The van der Waals surface area contributed by atoms with Crippen LogP contribution in [0.3, 0.4) is 0 Å². The molecule has 1 heterocycles. The van der Waals surface area contributed by atoms with Crippen molar-refractivity contribution in [1.29, 1.82) is 0 Å². The zero-order valence-corrected chi connectivity index (χ0v) is 15.7. The maximum Gasteiger partial charge on any atom is 0.239 e. The predicted molar refractivity (Wildman–Crippen MR) is 102 cm³/mol. The van der Waals surface area contributed by atoms with Crippen LogP contribution in [-0.4, -0.2) is 41.9 Å². The highest BCUT2D eigenvalue weighted by Gasteiger charge is 2.29. The molecule has 26 heavy (non-hydrogen) atoms. The number of hydrogen-bond acceptors (Lipinski definition) is 3. The molecule has 4 nitrogen and oxygen atoms in total. The highest BCUT2D eigenvalue weighted by Crippen LogP contribution is 2.28. The van der Waals surface area contributed by atoms with Crippen molar-refractivity contribution in [3.63, 3.8) is 0 Å². The van der Waals surface area contributed by atoms with Gasteiger partial charge in [-0.2, -0.15) is 0 Å². The van der Waals surface area contributed by atoms with Gasteiger partial charge in [-0.15, -0.1) is 0 Å². The summed E-state index contributed by atoms with van der Waals surface area (Å²) in [5.41, 5.74) is 7.31. The average Bonchev–Trinajstić information content (AvgIpc) is 2.62. The van der Waals surface area contributed by atoms with Crippen LogP contribution in [0.4, 0.5) is 4.39 Å². The molecule has 1 atom stereocenters. The molecule has 0 spiro atoms. The number of primary amides is 1. The van der Waals surface area contributed by atoms with Gasteiger partial charge in [-0.3, -0.25) is 14.6 Å². The Morgan fingerprint density at radius 3 is 2.35 bits per heavy atom. The van der Waals surface area contributed by atoms with E-state index in [2.05, 4.69) is 4.90 Å². The summed E-state index contributed by atoms with van der Waals surface area (Å²) < 4.78 is 13.2. The Hall–Kier alpha value is -1.66. The first kappa shape index (κ1) is 19.1. The number of carbonyl (C=O) groups excluding carboxylic acids is 1. The van der Waals surface area contributed by atoms with Gasteiger partial charge in [0.15, 0.2) is 0 Å². The topological polar surface area (TPSA) is 49.6 Å². The second-order valence-corrected chi connectivity index (χ2v) is 7.17. The van der Waals surface area contributed by atoms with Crippen molar-refractivity contribution in [3.8, 4) is 0 Å². The van der Waals surface area contributed by atoms with Crippen LogP contribution in [0.5, 0.6) is 0 Å². The largest absolute Gasteiger partial charge is 0.368 e. The van der Waals surface area contributed by atoms with Gasteiger partial charge in [-0.25, -0.2) is 4.39 Å². The molecule has 7 heteroatoms. The Balaban J connectivity index is 1.65. The summed E-state index contributed by atoms with van der Waals surface area (Å²) in [4.78, 5) is 16.3. The smallest absolute Gasteiger partial charge is 0.239 e. The van der Waals surface area contributed by atoms with Gasteiger partial charge in [-0.05, 0) is 29.3 Å². The van der Waals surface area contributed by atoms with E-state index in [1.165, 1.54) is 12.1 Å². The quantitative estimate of drug-likeness (QED) is 0.842. The summed E-state index contributed by atoms with van der Waals surface area (Å²) in [7, 11) is 0. The van der Waals surface area contributed by atoms with E-state index >= 15 is 0 Å². The fourth-order valence-corrected chi connectivity index (χ4v) is 3.67. The maximum atomic E-state index is 13.2. The van der Waals surface area contributed by atoms with Gasteiger partial charge in [0.2, 0.25) is 5.91 Å². The monoisotopic (exact) mass is 395 g/mol. The zero-order chi connectivity index (χ0) is 18.7. The molecule has 1 aliphatic heterocycles. The standard InChI is InChI=1S/C19H20Cl2FN3O/c20-16-3-1-2-14(17(16)21)12-24-8-10-25(11-9-24)18(19(23)26)13-4-6-15(22)7-5-13/h1-7,18H,8-12H2,(H2,23,26). The van der Waals surface area contributed by atoms with Crippen LogP contribution in [0.25, 0.3) is 0 Å². The fraction of sp³-hybridized carbons (Fsp3) is 0.316. The van der Waals surface area contributed by atoms with Gasteiger partial charge in [0, 0.05) is 32.7 Å². The van der Waals surface area contributed by atoms with E-state index in [1.54, 1.807) is 18.2 Å². The van der Waals surface area contributed by atoms with E-state index in [9.17, 15) is 9.18 Å². The summed E-state index contributed by atoms with van der Waals surface area (Å²) in [5, 5.41) is 1.13. The van der Waals surface area contributed by atoms with Crippen molar-refractivity contribution in [3.05, 3.63) is 69.5 Å². The molecule has 0 radical (unpaired) electrons. The molecule has 1 saturated heterocycles. The van der Waals surface area contributed by atoms with Gasteiger partial charge in [0.1, 0.15) is 11.9 Å². The zero-order valence-electron chi connectivity index (χ0n) is 14.2. The Labute approximate surface area is 162 Å². The number of nitrogens with zero attached hydrogens (tertiary/aromatic N) is 2. The number of benzene rings is 2. The first-order valence-electron chi connectivity index (χ1n) is 8.40. The SMILES string of the molecule is NC(=O)C(c1ccc(F)cc1)N1CCN(Cc2cccc(Cl)c2Cl)CC1. The maximum absolute atomic E-state index is 13.2. The summed E-state index contributed by atoms with van der Waals surface area (Å²) in [6.07, 6.45) is 0. The van der Waals surface area contributed by atoms with Crippen LogP contribution < -0.4 is 5.73 Å². The molecule has 2 aromatic carbocycles. The third kappa shape index (κ3) is 4.35. The summed E-state index contributed by atoms with van der Waals surface area (Å²) in [5.74, 6) is -0.761. The van der Waals surface area contributed by atoms with E-state index in [1.807, 2.05) is 17.0 Å². The first-order valence-corrected chi connectivity index (χ1v) is 9.15. The van der Waals surface area contributed by atoms with E-state index in [-0.39, 0.29) is 5.82 Å². The van der Waals surface area contributed by atoms with E-state index in [0.29, 0.717) is 35.2 Å². The van der Waals surface area contributed by atoms with Crippen molar-refractivity contribution in [2.24, 2.45) is 5.73 Å². The van der Waals surface area contributed by atoms with E-state index in [0.717, 1.165) is 18.7 Å². The molecule has 1 fully saturated rings. The lowest BCUT2D eigenvalue weighted by Gasteiger charge is -2.38. The Morgan fingerprint density at radius 2 is 1.73 bits per heavy atom. The Kier molecular flexibility index (Phi) is 6.14. The van der Waals surface area contributed by atoms with Gasteiger partial charge in [-0.1, -0.05) is 47.5 Å². The number of amides is 1. The minimum absolute atomic E-state index is 0.333. The van der Waals surface area contributed by atoms with E-state index in [4.69, 9.17) is 28.9 Å². The van der Waals surface area contributed by atoms with E-state index < -0.39 is 11.9 Å². The first-order chi connectivity index (χ1) is 12.5. The third-order valence-corrected chi connectivity index (χ3v) is 5.51. The molecule has 1 aliphatic rings. The van der Waals surface area contributed by atoms with Crippen molar-refractivity contribution >= 4 is 29.1 Å². The molecular formula is C19H20Cl2FN3O. The number of halogens is 3. The molecule has 1 amide bonds. The molecular weight excluding hydrogens is 376 g/mol. The van der Waals surface area contributed by atoms with Gasteiger partial charge < -0.3 is 5.73 Å². The molecule has 0 aromatic heterocycles. The van der Waals surface area contributed by atoms with Gasteiger partial charge in [0.25, 0.3) is 0 Å². The molecule has 0 aliphatic carbocycles. The van der Waals surface area contributed by atoms with Crippen molar-refractivity contribution in [2.75, 3.05) is 26.2 Å². The van der Waals surface area contributed by atoms with Crippen LogP contribution in [0, 0.1) is 5.82 Å². The highest BCUT2D eigenvalue weighted by atomic mass is 35.5. The lowest BCUT2D eigenvalue weighted by molar-refractivity contribution is -0.124. The third-order valence-electron chi connectivity index (χ3n) is 4.65. The molecule has 2 aromatic rings. The molecule has 0 bridgehead atoms. The number of hydrogen-bond donors (Lipinski definition) is 1. The highest BCUT2D eigenvalue weighted by molar-refractivity contribution is 6.42. The normalized spacial score (nSPS) is 17.2. The van der Waals surface area contributed by atoms with Gasteiger partial charge >= 0.3 is 0 Å². The second-order valence-electron chi connectivity index (χ2n) is 6.38. The molecule has 2 N–H and O–H groups in total. The molecule has 0 saturated carbocycles. The van der Waals surface area contributed by atoms with Crippen LogP contribution in [-0.2, 0) is 11.3 Å². The minimum atomic E-state index is -0.549. The minimum Gasteiger partial charge on any atom is -0.368 e. The number of carbonyl (C=O) groups is 1. The predicted octanol–water partition coefficient (Wildman–Crippen LogP) is 3.48. The van der Waals surface area contributed by atoms with Crippen LogP contribution in [0.2, 0.25) is 10.0 Å². The number of piperazine rings is 1. The summed E-state index contributed by atoms with van der Waals surface area (Å²) in [6, 6.07) is 11.0. The molecule has 138 valence electrons. The van der Waals surface area contributed by atoms with Crippen LogP contribution >= 0.6 is 23.2 Å². The second kappa shape index (κ2) is 8.35. The van der Waals surface area contributed by atoms with Crippen molar-refractivity contribution in [2.45, 2.75) is 12.6 Å². The van der Waals surface area contributed by atoms with Crippen molar-refractivity contribution in [1.82, 2.24) is 9.80 Å². The number of nitrogens with two attached hydrogens (primary N) is 1. The van der Waals surface area contributed by atoms with Crippen LogP contribution in [0.15, 0.2) is 42.5 Å². The lowest BCUT2D eigenvalue weighted by atomic mass is 10.0. The Morgan fingerprint density at radius 1 is 1.08 bits per heavy atom. The molecule has 1 unspecified atom stereocenters. The van der Waals surface area contributed by atoms with Gasteiger partial charge in [0.05, 0.1) is 10.0 Å². The van der Waals surface area contributed by atoms with Crippen LogP contribution in [0.1, 0.15) is 17.2 Å². The lowest BCUT2D eigenvalue weighted by Crippen LogP contribution is -2.50. The Bertz CT molecular complexity index is 777. The average molecular weight is 396 g/mol. The summed E-state index contributed by atoms with van der Waals surface area (Å²) in [6.45, 7) is 3.61. The molecule has 3 rings (SSSR count). The number of rotatable bonds is 5.